The second kappa shape index (κ2) is 7.36. The molecule has 0 aliphatic carbocycles. The molecular formula is C15H13F4N3S. The predicted octanol–water partition coefficient (Wildman–Crippen LogP) is 3.40. The van der Waals surface area contributed by atoms with E-state index < -0.39 is 17.6 Å². The van der Waals surface area contributed by atoms with Crippen LogP contribution in [0, 0.1) is 5.82 Å². The van der Waals surface area contributed by atoms with E-state index in [2.05, 4.69) is 15.6 Å². The molecule has 1 heterocycles. The summed E-state index contributed by atoms with van der Waals surface area (Å²) in [7, 11) is 0. The number of rotatable bonds is 4. The summed E-state index contributed by atoms with van der Waals surface area (Å²) < 4.78 is 51.0. The molecule has 2 N–H and O–H groups in total. The Morgan fingerprint density at radius 3 is 2.48 bits per heavy atom. The minimum absolute atomic E-state index is 0.0111. The van der Waals surface area contributed by atoms with Crippen molar-refractivity contribution in [2.24, 2.45) is 0 Å². The van der Waals surface area contributed by atoms with Gasteiger partial charge in [-0.25, -0.2) is 4.39 Å². The number of hydrogen-bond acceptors (Lipinski definition) is 2. The molecule has 1 aromatic carbocycles. The SMILES string of the molecule is Fc1cc(C(F)(F)F)ccc1CNC(=S)NCc1cccnc1. The fraction of sp³-hybridized carbons (Fsp3) is 0.200. The Balaban J connectivity index is 1.87. The van der Waals surface area contributed by atoms with Gasteiger partial charge in [0.15, 0.2) is 5.11 Å². The van der Waals surface area contributed by atoms with E-state index in [1.54, 1.807) is 18.5 Å². The van der Waals surface area contributed by atoms with Crippen molar-refractivity contribution < 1.29 is 17.6 Å². The number of aromatic nitrogens is 1. The van der Waals surface area contributed by atoms with Crippen LogP contribution in [0.5, 0.6) is 0 Å². The maximum absolute atomic E-state index is 13.7. The van der Waals surface area contributed by atoms with E-state index in [1.807, 2.05) is 6.07 Å². The van der Waals surface area contributed by atoms with Gasteiger partial charge < -0.3 is 10.6 Å². The summed E-state index contributed by atoms with van der Waals surface area (Å²) in [5, 5.41) is 5.92. The molecule has 0 saturated heterocycles. The molecule has 0 saturated carbocycles. The molecule has 0 atom stereocenters. The third-order valence-electron chi connectivity index (χ3n) is 3.00. The average Bonchev–Trinajstić information content (AvgIpc) is 2.51. The summed E-state index contributed by atoms with van der Waals surface area (Å²) in [6.45, 7) is 0.429. The molecule has 0 amide bonds. The maximum atomic E-state index is 13.7. The molecule has 0 radical (unpaired) electrons. The third-order valence-corrected chi connectivity index (χ3v) is 3.28. The van der Waals surface area contributed by atoms with Crippen LogP contribution in [0.1, 0.15) is 16.7 Å². The van der Waals surface area contributed by atoms with Crippen molar-refractivity contribution in [1.82, 2.24) is 15.6 Å². The first-order valence-corrected chi connectivity index (χ1v) is 7.03. The molecule has 0 aliphatic heterocycles. The highest BCUT2D eigenvalue weighted by molar-refractivity contribution is 7.80. The predicted molar refractivity (Wildman–Crippen MR) is 81.9 cm³/mol. The van der Waals surface area contributed by atoms with Gasteiger partial charge in [0.2, 0.25) is 0 Å². The lowest BCUT2D eigenvalue weighted by molar-refractivity contribution is -0.137. The molecule has 1 aromatic heterocycles. The number of thiocarbonyl (C=S) groups is 1. The van der Waals surface area contributed by atoms with Gasteiger partial charge in [-0.1, -0.05) is 12.1 Å². The van der Waals surface area contributed by atoms with Gasteiger partial charge in [0.25, 0.3) is 0 Å². The maximum Gasteiger partial charge on any atom is 0.416 e. The van der Waals surface area contributed by atoms with Gasteiger partial charge in [0.1, 0.15) is 5.82 Å². The summed E-state index contributed by atoms with van der Waals surface area (Å²) in [5.74, 6) is -0.928. The largest absolute Gasteiger partial charge is 0.416 e. The highest BCUT2D eigenvalue weighted by Gasteiger charge is 2.31. The number of halogens is 4. The number of alkyl halides is 3. The van der Waals surface area contributed by atoms with Crippen molar-refractivity contribution in [2.75, 3.05) is 0 Å². The molecule has 3 nitrogen and oxygen atoms in total. The first-order valence-electron chi connectivity index (χ1n) is 6.62. The zero-order valence-electron chi connectivity index (χ0n) is 11.8. The van der Waals surface area contributed by atoms with Gasteiger partial charge in [-0.15, -0.1) is 0 Å². The molecule has 122 valence electrons. The Morgan fingerprint density at radius 1 is 1.13 bits per heavy atom. The quantitative estimate of drug-likeness (QED) is 0.659. The fourth-order valence-corrected chi connectivity index (χ4v) is 1.93. The second-order valence-electron chi connectivity index (χ2n) is 4.70. The van der Waals surface area contributed by atoms with Crippen LogP contribution in [0.2, 0.25) is 0 Å². The zero-order valence-corrected chi connectivity index (χ0v) is 12.6. The first kappa shape index (κ1) is 17.1. The van der Waals surface area contributed by atoms with E-state index in [-0.39, 0.29) is 17.2 Å². The summed E-state index contributed by atoms with van der Waals surface area (Å²) in [5.41, 5.74) is -0.00285. The van der Waals surface area contributed by atoms with Crippen molar-refractivity contribution in [3.05, 3.63) is 65.2 Å². The minimum atomic E-state index is -4.56. The van der Waals surface area contributed by atoms with Gasteiger partial charge >= 0.3 is 6.18 Å². The molecule has 0 bridgehead atoms. The van der Waals surface area contributed by atoms with Crippen molar-refractivity contribution in [3.8, 4) is 0 Å². The van der Waals surface area contributed by atoms with E-state index in [0.717, 1.165) is 17.7 Å². The summed E-state index contributed by atoms with van der Waals surface area (Å²) in [4.78, 5) is 3.95. The third kappa shape index (κ3) is 5.17. The molecule has 2 rings (SSSR count). The van der Waals surface area contributed by atoms with Crippen LogP contribution in [-0.2, 0) is 19.3 Å². The van der Waals surface area contributed by atoms with E-state index in [1.165, 1.54) is 0 Å². The lowest BCUT2D eigenvalue weighted by atomic mass is 10.1. The van der Waals surface area contributed by atoms with E-state index in [0.29, 0.717) is 12.6 Å². The Hall–Kier alpha value is -2.22. The lowest BCUT2D eigenvalue weighted by Crippen LogP contribution is -2.34. The molecule has 0 unspecified atom stereocenters. The Bertz CT molecular complexity index is 674. The van der Waals surface area contributed by atoms with Crippen LogP contribution in [0.15, 0.2) is 42.7 Å². The first-order chi connectivity index (χ1) is 10.9. The van der Waals surface area contributed by atoms with Gasteiger partial charge in [0, 0.05) is 31.0 Å². The van der Waals surface area contributed by atoms with Gasteiger partial charge in [-0.3, -0.25) is 4.98 Å². The second-order valence-corrected chi connectivity index (χ2v) is 5.11. The van der Waals surface area contributed by atoms with Crippen LogP contribution in [0.25, 0.3) is 0 Å². The molecular weight excluding hydrogens is 330 g/mol. The smallest absolute Gasteiger partial charge is 0.359 e. The van der Waals surface area contributed by atoms with Gasteiger partial charge in [0.05, 0.1) is 5.56 Å². The molecule has 0 spiro atoms. The van der Waals surface area contributed by atoms with Crippen molar-refractivity contribution in [1.29, 1.82) is 0 Å². The van der Waals surface area contributed by atoms with Crippen LogP contribution in [-0.4, -0.2) is 10.1 Å². The number of pyridine rings is 1. The number of nitrogens with one attached hydrogen (secondary N) is 2. The number of hydrogen-bond donors (Lipinski definition) is 2. The van der Waals surface area contributed by atoms with Crippen LogP contribution >= 0.6 is 12.2 Å². The van der Waals surface area contributed by atoms with Crippen LogP contribution in [0.3, 0.4) is 0 Å². The standard InChI is InChI=1S/C15H13F4N3S/c16-13-6-12(15(17,18)19)4-3-11(13)9-22-14(23)21-8-10-2-1-5-20-7-10/h1-7H,8-9H2,(H2,21,22,23). The average molecular weight is 343 g/mol. The van der Waals surface area contributed by atoms with Crippen molar-refractivity contribution in [3.63, 3.8) is 0 Å². The van der Waals surface area contributed by atoms with Crippen LogP contribution < -0.4 is 10.6 Å². The van der Waals surface area contributed by atoms with Crippen molar-refractivity contribution >= 4 is 17.3 Å². The molecule has 8 heteroatoms. The zero-order chi connectivity index (χ0) is 16.9. The number of nitrogens with zero attached hydrogens (tertiary/aromatic N) is 1. The number of benzene rings is 1. The Labute approximate surface area is 135 Å². The Kier molecular flexibility index (Phi) is 5.49. The molecule has 0 aliphatic rings. The minimum Gasteiger partial charge on any atom is -0.359 e. The van der Waals surface area contributed by atoms with Gasteiger partial charge in [-0.05, 0) is 36.0 Å². The highest BCUT2D eigenvalue weighted by atomic mass is 32.1. The van der Waals surface area contributed by atoms with E-state index in [9.17, 15) is 17.6 Å². The topological polar surface area (TPSA) is 37.0 Å². The highest BCUT2D eigenvalue weighted by Crippen LogP contribution is 2.30. The summed E-state index contributed by atoms with van der Waals surface area (Å²) >= 11 is 5.04. The monoisotopic (exact) mass is 343 g/mol. The van der Waals surface area contributed by atoms with E-state index >= 15 is 0 Å². The molecule has 0 fully saturated rings. The summed E-state index contributed by atoms with van der Waals surface area (Å²) in [6.07, 6.45) is -1.24. The lowest BCUT2D eigenvalue weighted by Gasteiger charge is -2.12. The van der Waals surface area contributed by atoms with Crippen LogP contribution in [0.4, 0.5) is 17.6 Å². The summed E-state index contributed by atoms with van der Waals surface area (Å²) in [6, 6.07) is 6.05. The Morgan fingerprint density at radius 2 is 1.87 bits per heavy atom. The molecule has 2 aromatic rings. The normalized spacial score (nSPS) is 11.1. The van der Waals surface area contributed by atoms with E-state index in [4.69, 9.17) is 12.2 Å². The van der Waals surface area contributed by atoms with Crippen molar-refractivity contribution in [2.45, 2.75) is 19.3 Å². The molecule has 23 heavy (non-hydrogen) atoms. The van der Waals surface area contributed by atoms with Gasteiger partial charge in [-0.2, -0.15) is 13.2 Å². The fourth-order valence-electron chi connectivity index (χ4n) is 1.79.